The molecule has 212 valence electrons. The Labute approximate surface area is 233 Å². The number of nitrogens with one attached hydrogen (secondary N) is 2. The van der Waals surface area contributed by atoms with Crippen LogP contribution in [0.2, 0.25) is 0 Å². The Kier molecular flexibility index (Phi) is 6.94. The molecule has 0 spiro atoms. The summed E-state index contributed by atoms with van der Waals surface area (Å²) < 4.78 is 50.6. The highest BCUT2D eigenvalue weighted by atomic mass is 19.4. The molecule has 0 bridgehead atoms. The summed E-state index contributed by atoms with van der Waals surface area (Å²) in [6.45, 7) is 1.89. The molecule has 12 heteroatoms. The molecule has 0 atom stereocenters. The zero-order chi connectivity index (χ0) is 28.7. The van der Waals surface area contributed by atoms with E-state index in [1.165, 1.54) is 13.3 Å². The van der Waals surface area contributed by atoms with Gasteiger partial charge in [0.15, 0.2) is 11.5 Å². The van der Waals surface area contributed by atoms with Crippen LogP contribution in [0.4, 0.5) is 13.2 Å². The molecular formula is C29H28F3N7O2. The van der Waals surface area contributed by atoms with Gasteiger partial charge in [-0.15, -0.1) is 0 Å². The molecule has 0 saturated heterocycles. The van der Waals surface area contributed by atoms with Gasteiger partial charge in [-0.05, 0) is 25.3 Å². The lowest BCUT2D eigenvalue weighted by molar-refractivity contribution is -0.141. The number of rotatable bonds is 9. The lowest BCUT2D eigenvalue weighted by atomic mass is 10.0. The Morgan fingerprint density at radius 3 is 2.44 bits per heavy atom. The summed E-state index contributed by atoms with van der Waals surface area (Å²) in [5, 5.41) is 0. The predicted octanol–water partition coefficient (Wildman–Crippen LogP) is 5.80. The van der Waals surface area contributed by atoms with Crippen LogP contribution >= 0.6 is 0 Å². The van der Waals surface area contributed by atoms with E-state index in [-0.39, 0.29) is 11.5 Å². The number of alkyl halides is 3. The number of methoxy groups -OCH3 is 2. The second-order valence-corrected chi connectivity index (χ2v) is 10.1. The molecule has 2 N–H and O–H groups in total. The maximum Gasteiger partial charge on any atom is 0.435 e. The van der Waals surface area contributed by atoms with Crippen molar-refractivity contribution in [2.24, 2.45) is 0 Å². The fourth-order valence-corrected chi connectivity index (χ4v) is 5.08. The van der Waals surface area contributed by atoms with Gasteiger partial charge in [0.2, 0.25) is 5.88 Å². The first-order chi connectivity index (χ1) is 19.8. The number of aromatic amines is 2. The van der Waals surface area contributed by atoms with Crippen molar-refractivity contribution in [1.82, 2.24) is 34.9 Å². The molecule has 9 nitrogen and oxygen atoms in total. The van der Waals surface area contributed by atoms with Crippen LogP contribution in [-0.4, -0.2) is 55.7 Å². The van der Waals surface area contributed by atoms with E-state index >= 15 is 0 Å². The van der Waals surface area contributed by atoms with Crippen molar-refractivity contribution >= 4 is 11.0 Å². The Balaban J connectivity index is 1.37. The number of halogens is 3. The van der Waals surface area contributed by atoms with Crippen molar-refractivity contribution in [3.05, 3.63) is 70.7 Å². The van der Waals surface area contributed by atoms with E-state index in [4.69, 9.17) is 14.5 Å². The molecule has 0 aliphatic heterocycles. The average molecular weight is 564 g/mol. The molecule has 0 radical (unpaired) electrons. The van der Waals surface area contributed by atoms with Crippen LogP contribution < -0.4 is 4.74 Å². The topological polar surface area (TPSA) is 114 Å². The first-order valence-corrected chi connectivity index (χ1v) is 13.2. The minimum atomic E-state index is -4.51. The summed E-state index contributed by atoms with van der Waals surface area (Å²) in [5.74, 6) is 1.46. The number of fused-ring (bicyclic) bond motifs is 1. The summed E-state index contributed by atoms with van der Waals surface area (Å²) in [4.78, 5) is 28.4. The number of hydrogen-bond acceptors (Lipinski definition) is 7. The largest absolute Gasteiger partial charge is 0.480 e. The molecule has 4 heterocycles. The number of H-pyrrole nitrogens is 2. The summed E-state index contributed by atoms with van der Waals surface area (Å²) in [6.07, 6.45) is 2.06. The third kappa shape index (κ3) is 5.26. The Morgan fingerprint density at radius 2 is 1.78 bits per heavy atom. The van der Waals surface area contributed by atoms with Crippen LogP contribution in [0.3, 0.4) is 0 Å². The third-order valence-electron chi connectivity index (χ3n) is 7.26. The van der Waals surface area contributed by atoms with Crippen molar-refractivity contribution in [2.45, 2.75) is 44.7 Å². The first-order valence-electron chi connectivity index (χ1n) is 13.2. The molecule has 1 aliphatic carbocycles. The van der Waals surface area contributed by atoms with E-state index in [0.717, 1.165) is 46.4 Å². The van der Waals surface area contributed by atoms with Gasteiger partial charge < -0.3 is 19.4 Å². The molecule has 4 aromatic heterocycles. The number of ether oxygens (including phenoxy) is 2. The lowest BCUT2D eigenvalue weighted by Crippen LogP contribution is -2.07. The van der Waals surface area contributed by atoms with Gasteiger partial charge in [0.1, 0.15) is 17.7 Å². The quantitative estimate of drug-likeness (QED) is 0.233. The molecule has 5 aromatic rings. The number of benzene rings is 1. The molecule has 0 unspecified atom stereocenters. The van der Waals surface area contributed by atoms with Crippen molar-refractivity contribution in [3.63, 3.8) is 0 Å². The highest BCUT2D eigenvalue weighted by Gasteiger charge is 2.36. The van der Waals surface area contributed by atoms with Crippen LogP contribution in [0.5, 0.6) is 5.88 Å². The Bertz CT molecular complexity index is 1710. The van der Waals surface area contributed by atoms with Crippen molar-refractivity contribution < 1.29 is 22.6 Å². The molecule has 0 amide bonds. The highest BCUT2D eigenvalue weighted by Crippen LogP contribution is 2.45. The van der Waals surface area contributed by atoms with Crippen molar-refractivity contribution in [2.75, 3.05) is 20.8 Å². The molecule has 6 rings (SSSR count). The number of aromatic nitrogens is 7. The van der Waals surface area contributed by atoms with Gasteiger partial charge in [-0.25, -0.2) is 24.9 Å². The molecule has 1 aromatic carbocycles. The van der Waals surface area contributed by atoms with Crippen LogP contribution in [0.25, 0.3) is 33.8 Å². The van der Waals surface area contributed by atoms with Gasteiger partial charge in [0, 0.05) is 48.4 Å². The lowest BCUT2D eigenvalue weighted by Gasteiger charge is -2.11. The summed E-state index contributed by atoms with van der Waals surface area (Å²) in [5.41, 5.74) is 5.75. The smallest absolute Gasteiger partial charge is 0.435 e. The zero-order valence-electron chi connectivity index (χ0n) is 22.8. The highest BCUT2D eigenvalue weighted by molar-refractivity contribution is 5.83. The molecule has 1 aliphatic rings. The first kappa shape index (κ1) is 26.9. The van der Waals surface area contributed by atoms with Gasteiger partial charge in [0.25, 0.3) is 0 Å². The van der Waals surface area contributed by atoms with E-state index in [1.807, 2.05) is 12.1 Å². The minimum absolute atomic E-state index is 0.0149. The number of nitrogens with zero attached hydrogens (tertiary/aromatic N) is 5. The fraction of sp³-hybridized carbons (Fsp3) is 0.345. The van der Waals surface area contributed by atoms with Crippen molar-refractivity contribution in [3.8, 4) is 28.7 Å². The van der Waals surface area contributed by atoms with E-state index in [9.17, 15) is 13.2 Å². The number of imidazole rings is 1. The van der Waals surface area contributed by atoms with Gasteiger partial charge in [-0.1, -0.05) is 24.3 Å². The maximum atomic E-state index is 13.2. The van der Waals surface area contributed by atoms with Gasteiger partial charge in [-0.2, -0.15) is 13.2 Å². The Morgan fingerprint density at radius 1 is 1.00 bits per heavy atom. The minimum Gasteiger partial charge on any atom is -0.480 e. The number of hydrogen-bond donors (Lipinski definition) is 2. The van der Waals surface area contributed by atoms with Gasteiger partial charge in [0.05, 0.1) is 36.6 Å². The molecule has 1 fully saturated rings. The van der Waals surface area contributed by atoms with Crippen LogP contribution in [0.1, 0.15) is 52.7 Å². The van der Waals surface area contributed by atoms with E-state index in [1.54, 1.807) is 32.5 Å². The SMILES string of the molecule is COCCc1[nH]c2cnc(-c3c(OC)ncnc3C3CC3)nc2c1Cc1ccc(-c2nc(C(F)(F)F)c(C)[nH]2)cc1. The number of aryl methyl sites for hydroxylation is 1. The average Bonchev–Trinajstić information content (AvgIpc) is 3.65. The summed E-state index contributed by atoms with van der Waals surface area (Å²) in [6, 6.07) is 7.32. The van der Waals surface area contributed by atoms with Gasteiger partial charge >= 0.3 is 6.18 Å². The summed E-state index contributed by atoms with van der Waals surface area (Å²) >= 11 is 0. The third-order valence-corrected chi connectivity index (χ3v) is 7.26. The normalized spacial score (nSPS) is 13.7. The van der Waals surface area contributed by atoms with E-state index in [2.05, 4.69) is 29.9 Å². The summed E-state index contributed by atoms with van der Waals surface area (Å²) in [7, 11) is 3.23. The molecule has 1 saturated carbocycles. The monoisotopic (exact) mass is 563 g/mol. The van der Waals surface area contributed by atoms with Crippen LogP contribution in [-0.2, 0) is 23.8 Å². The fourth-order valence-electron chi connectivity index (χ4n) is 5.08. The second kappa shape index (κ2) is 10.6. The maximum absolute atomic E-state index is 13.2. The second-order valence-electron chi connectivity index (χ2n) is 10.1. The standard InChI is InChI=1S/C29H28F3N7O2/c1-15-25(29(30,31)32)39-26(36-15)18-6-4-16(5-7-18)12-19-20(10-11-40-2)37-21-13-33-27(38-24(19)21)22-23(17-8-9-17)34-14-35-28(22)41-3/h4-7,13-14,17,37H,8-12H2,1-3H3,(H,36,39). The van der Waals surface area contributed by atoms with E-state index < -0.39 is 11.9 Å². The van der Waals surface area contributed by atoms with Gasteiger partial charge in [-0.3, -0.25) is 0 Å². The molecule has 41 heavy (non-hydrogen) atoms. The zero-order valence-corrected chi connectivity index (χ0v) is 22.8. The van der Waals surface area contributed by atoms with E-state index in [0.29, 0.717) is 48.2 Å². The molecular weight excluding hydrogens is 535 g/mol. The Hall–Kier alpha value is -4.32. The van der Waals surface area contributed by atoms with Crippen LogP contribution in [0.15, 0.2) is 36.8 Å². The van der Waals surface area contributed by atoms with Crippen molar-refractivity contribution in [1.29, 1.82) is 0 Å². The predicted molar refractivity (Wildman–Crippen MR) is 146 cm³/mol. The van der Waals surface area contributed by atoms with Crippen LogP contribution in [0, 0.1) is 6.92 Å².